The number of rotatable bonds is 3. The summed E-state index contributed by atoms with van der Waals surface area (Å²) in [5.41, 5.74) is 1.04. The highest BCUT2D eigenvalue weighted by molar-refractivity contribution is 9.10. The van der Waals surface area contributed by atoms with Crippen LogP contribution in [0.3, 0.4) is 0 Å². The monoisotopic (exact) mass is 271 g/mol. The summed E-state index contributed by atoms with van der Waals surface area (Å²) in [6, 6.07) is 0. The zero-order chi connectivity index (χ0) is 10.8. The van der Waals surface area contributed by atoms with E-state index in [0.717, 1.165) is 31.6 Å². The first-order valence-electron chi connectivity index (χ1n) is 5.06. The van der Waals surface area contributed by atoms with E-state index in [-0.39, 0.29) is 10.7 Å². The van der Waals surface area contributed by atoms with Gasteiger partial charge in [0.1, 0.15) is 0 Å². The average Bonchev–Trinajstić information content (AvgIpc) is 2.74. The van der Waals surface area contributed by atoms with E-state index in [4.69, 9.17) is 0 Å². The van der Waals surface area contributed by atoms with Crippen LogP contribution in [-0.2, 0) is 18.3 Å². The third kappa shape index (κ3) is 2.40. The third-order valence-corrected chi connectivity index (χ3v) is 3.48. The second-order valence-electron chi connectivity index (χ2n) is 3.86. The quantitative estimate of drug-likeness (QED) is 0.769. The molecule has 2 heterocycles. The number of carbonyl (C=O) groups excluding carboxylic acids is 1. The Labute approximate surface area is 97.4 Å². The summed E-state index contributed by atoms with van der Waals surface area (Å²) in [5, 5.41) is 0. The van der Waals surface area contributed by atoms with E-state index in [9.17, 15) is 4.79 Å². The molecule has 1 aromatic heterocycles. The number of aromatic nitrogens is 2. The summed E-state index contributed by atoms with van der Waals surface area (Å²) < 4.78 is 1.93. The van der Waals surface area contributed by atoms with Crippen molar-refractivity contribution in [3.8, 4) is 0 Å². The molecule has 0 aromatic carbocycles. The molecule has 1 aliphatic rings. The first-order chi connectivity index (χ1) is 7.16. The smallest absolute Gasteiger partial charge is 0.236 e. The van der Waals surface area contributed by atoms with E-state index in [1.165, 1.54) is 0 Å². The largest absolute Gasteiger partial charge is 0.341 e. The Hall–Kier alpha value is -0.840. The molecule has 2 rings (SSSR count). The molecule has 1 aromatic rings. The Bertz CT molecular complexity index is 363. The van der Waals surface area contributed by atoms with Crippen molar-refractivity contribution in [1.82, 2.24) is 14.5 Å². The summed E-state index contributed by atoms with van der Waals surface area (Å²) in [7, 11) is 1.95. The van der Waals surface area contributed by atoms with Crippen LogP contribution in [0.25, 0.3) is 0 Å². The van der Waals surface area contributed by atoms with Crippen LogP contribution in [-0.4, -0.2) is 38.3 Å². The molecule has 82 valence electrons. The second-order valence-corrected chi connectivity index (χ2v) is 4.97. The highest BCUT2D eigenvalue weighted by atomic mass is 79.9. The molecule has 0 saturated carbocycles. The molecule has 15 heavy (non-hydrogen) atoms. The lowest BCUT2D eigenvalue weighted by Crippen LogP contribution is -2.29. The minimum absolute atomic E-state index is 0.0289. The third-order valence-electron chi connectivity index (χ3n) is 2.63. The normalized spacial score (nSPS) is 21.3. The maximum absolute atomic E-state index is 11.6. The molecule has 0 bridgehead atoms. The number of halogens is 1. The number of alkyl halides is 1. The molecule has 1 fully saturated rings. The standard InChI is InChI=1S/C10H14BrN3O/c1-13-6-8(12-7-13)2-4-14-5-3-9(11)10(14)15/h6-7,9H,2-5H2,1H3. The minimum atomic E-state index is 0.0289. The Morgan fingerprint density at radius 2 is 2.47 bits per heavy atom. The average molecular weight is 272 g/mol. The Kier molecular flexibility index (Phi) is 3.09. The summed E-state index contributed by atoms with van der Waals surface area (Å²) in [4.78, 5) is 17.7. The lowest BCUT2D eigenvalue weighted by Gasteiger charge is -2.14. The van der Waals surface area contributed by atoms with Crippen LogP contribution in [0.15, 0.2) is 12.5 Å². The van der Waals surface area contributed by atoms with Crippen LogP contribution in [0.5, 0.6) is 0 Å². The zero-order valence-electron chi connectivity index (χ0n) is 8.69. The predicted molar refractivity (Wildman–Crippen MR) is 60.8 cm³/mol. The van der Waals surface area contributed by atoms with E-state index in [1.807, 2.05) is 22.7 Å². The summed E-state index contributed by atoms with van der Waals surface area (Å²) in [6.45, 7) is 1.64. The molecule has 4 nitrogen and oxygen atoms in total. The number of hydrogen-bond donors (Lipinski definition) is 0. The minimum Gasteiger partial charge on any atom is -0.341 e. The van der Waals surface area contributed by atoms with Crippen molar-refractivity contribution in [3.63, 3.8) is 0 Å². The molecule has 1 saturated heterocycles. The fourth-order valence-electron chi connectivity index (χ4n) is 1.77. The molecular weight excluding hydrogens is 258 g/mol. The lowest BCUT2D eigenvalue weighted by atomic mass is 10.3. The predicted octanol–water partition coefficient (Wildman–Crippen LogP) is 0.958. The van der Waals surface area contributed by atoms with E-state index >= 15 is 0 Å². The van der Waals surface area contributed by atoms with Gasteiger partial charge in [-0.05, 0) is 6.42 Å². The number of carbonyl (C=O) groups is 1. The van der Waals surface area contributed by atoms with Gasteiger partial charge in [0.2, 0.25) is 5.91 Å². The molecule has 0 N–H and O–H groups in total. The van der Waals surface area contributed by atoms with Gasteiger partial charge in [0.05, 0.1) is 16.8 Å². The fraction of sp³-hybridized carbons (Fsp3) is 0.600. The van der Waals surface area contributed by atoms with Gasteiger partial charge in [-0.2, -0.15) is 0 Å². The number of aryl methyl sites for hydroxylation is 1. The van der Waals surface area contributed by atoms with E-state index < -0.39 is 0 Å². The maximum Gasteiger partial charge on any atom is 0.236 e. The van der Waals surface area contributed by atoms with Crippen molar-refractivity contribution in [3.05, 3.63) is 18.2 Å². The Morgan fingerprint density at radius 1 is 1.67 bits per heavy atom. The van der Waals surface area contributed by atoms with Gasteiger partial charge in [-0.1, -0.05) is 15.9 Å². The van der Waals surface area contributed by atoms with Crippen molar-refractivity contribution < 1.29 is 4.79 Å². The van der Waals surface area contributed by atoms with Gasteiger partial charge in [-0.25, -0.2) is 4.98 Å². The van der Waals surface area contributed by atoms with Gasteiger partial charge in [-0.3, -0.25) is 4.79 Å². The SMILES string of the molecule is Cn1cnc(CCN2CCC(Br)C2=O)c1. The van der Waals surface area contributed by atoms with Crippen LogP contribution >= 0.6 is 15.9 Å². The number of nitrogens with zero attached hydrogens (tertiary/aromatic N) is 3. The van der Waals surface area contributed by atoms with Crippen LogP contribution in [0.2, 0.25) is 0 Å². The van der Waals surface area contributed by atoms with Gasteiger partial charge in [0, 0.05) is 32.8 Å². The summed E-state index contributed by atoms with van der Waals surface area (Å²) >= 11 is 3.36. The molecule has 0 aliphatic carbocycles. The number of imidazole rings is 1. The fourth-order valence-corrected chi connectivity index (χ4v) is 2.26. The maximum atomic E-state index is 11.6. The first-order valence-corrected chi connectivity index (χ1v) is 5.98. The molecule has 1 amide bonds. The van der Waals surface area contributed by atoms with E-state index in [2.05, 4.69) is 20.9 Å². The van der Waals surface area contributed by atoms with Gasteiger partial charge >= 0.3 is 0 Å². The van der Waals surface area contributed by atoms with Gasteiger partial charge < -0.3 is 9.47 Å². The van der Waals surface area contributed by atoms with Crippen molar-refractivity contribution in [2.24, 2.45) is 7.05 Å². The highest BCUT2D eigenvalue weighted by Crippen LogP contribution is 2.18. The lowest BCUT2D eigenvalue weighted by molar-refractivity contribution is -0.127. The van der Waals surface area contributed by atoms with Crippen LogP contribution in [0.1, 0.15) is 12.1 Å². The molecule has 0 spiro atoms. The van der Waals surface area contributed by atoms with Crippen molar-refractivity contribution >= 4 is 21.8 Å². The van der Waals surface area contributed by atoms with Crippen molar-refractivity contribution in [1.29, 1.82) is 0 Å². The molecule has 1 atom stereocenters. The number of amides is 1. The Balaban J connectivity index is 1.86. The zero-order valence-corrected chi connectivity index (χ0v) is 10.3. The molecule has 1 unspecified atom stereocenters. The molecule has 1 aliphatic heterocycles. The van der Waals surface area contributed by atoms with Crippen molar-refractivity contribution in [2.45, 2.75) is 17.7 Å². The topological polar surface area (TPSA) is 38.1 Å². The Morgan fingerprint density at radius 3 is 3.00 bits per heavy atom. The van der Waals surface area contributed by atoms with Gasteiger partial charge in [0.25, 0.3) is 0 Å². The van der Waals surface area contributed by atoms with Crippen molar-refractivity contribution in [2.75, 3.05) is 13.1 Å². The number of hydrogen-bond acceptors (Lipinski definition) is 2. The summed E-state index contributed by atoms with van der Waals surface area (Å²) in [5.74, 6) is 0.214. The number of likely N-dealkylation sites (tertiary alicyclic amines) is 1. The van der Waals surface area contributed by atoms with Crippen LogP contribution < -0.4 is 0 Å². The van der Waals surface area contributed by atoms with Gasteiger partial charge in [-0.15, -0.1) is 0 Å². The first kappa shape index (κ1) is 10.7. The van der Waals surface area contributed by atoms with E-state index in [1.54, 1.807) is 6.33 Å². The van der Waals surface area contributed by atoms with Crippen LogP contribution in [0.4, 0.5) is 0 Å². The van der Waals surface area contributed by atoms with Crippen LogP contribution in [0, 0.1) is 0 Å². The molecular formula is C10H14BrN3O. The summed E-state index contributed by atoms with van der Waals surface area (Å²) in [6.07, 6.45) is 5.54. The molecule has 5 heteroatoms. The van der Waals surface area contributed by atoms with Gasteiger partial charge in [0.15, 0.2) is 0 Å². The molecule has 0 radical (unpaired) electrons. The van der Waals surface area contributed by atoms with E-state index in [0.29, 0.717) is 0 Å². The second kappa shape index (κ2) is 4.35. The highest BCUT2D eigenvalue weighted by Gasteiger charge is 2.28.